The van der Waals surface area contributed by atoms with Gasteiger partial charge in [0, 0.05) is 17.9 Å². The molecule has 2 rings (SSSR count). The molecule has 0 aliphatic rings. The first kappa shape index (κ1) is 12.1. The molecule has 4 heteroatoms. The maximum Gasteiger partial charge on any atom is 0.248 e. The van der Waals surface area contributed by atoms with Gasteiger partial charge in [-0.25, -0.2) is 0 Å². The average molecular weight is 251 g/mol. The third kappa shape index (κ3) is 2.67. The average Bonchev–Trinajstić information content (AvgIpc) is 2.75. The lowest BCUT2D eigenvalue weighted by molar-refractivity contribution is 0.502. The van der Waals surface area contributed by atoms with Gasteiger partial charge in [0.25, 0.3) is 0 Å². The van der Waals surface area contributed by atoms with Crippen LogP contribution in [0, 0.1) is 13.8 Å². The van der Waals surface area contributed by atoms with E-state index >= 15 is 0 Å². The van der Waals surface area contributed by atoms with E-state index in [2.05, 4.69) is 10.2 Å². The Morgan fingerprint density at radius 2 is 1.88 bits per heavy atom. The van der Waals surface area contributed by atoms with Gasteiger partial charge in [0.2, 0.25) is 11.8 Å². The molecule has 0 bridgehead atoms. The van der Waals surface area contributed by atoms with Crippen molar-refractivity contribution in [2.24, 2.45) is 0 Å². The molecule has 2 aromatic rings. The lowest BCUT2D eigenvalue weighted by Gasteiger charge is -2.04. The molecule has 1 heterocycles. The second kappa shape index (κ2) is 5.32. The molecule has 17 heavy (non-hydrogen) atoms. The first-order valence-corrected chi connectivity index (χ1v) is 6.20. The Balaban J connectivity index is 2.30. The molecule has 90 valence electrons. The van der Waals surface area contributed by atoms with Crippen LogP contribution >= 0.6 is 11.6 Å². The fourth-order valence-electron chi connectivity index (χ4n) is 1.83. The van der Waals surface area contributed by atoms with Gasteiger partial charge in [-0.15, -0.1) is 21.8 Å². The number of alkyl halides is 1. The maximum absolute atomic E-state index is 5.65. The number of nitrogens with zero attached hydrogens (tertiary/aromatic N) is 2. The molecule has 1 aromatic heterocycles. The van der Waals surface area contributed by atoms with Crippen molar-refractivity contribution in [1.82, 2.24) is 10.2 Å². The van der Waals surface area contributed by atoms with E-state index in [-0.39, 0.29) is 0 Å². The molecular formula is C13H15ClN2O. The quantitative estimate of drug-likeness (QED) is 0.780. The third-order valence-electron chi connectivity index (χ3n) is 2.69. The summed E-state index contributed by atoms with van der Waals surface area (Å²) < 4.78 is 5.65. The number of hydrogen-bond donors (Lipinski definition) is 0. The van der Waals surface area contributed by atoms with E-state index in [1.165, 1.54) is 0 Å². The highest BCUT2D eigenvalue weighted by Gasteiger charge is 2.12. The molecule has 0 atom stereocenters. The van der Waals surface area contributed by atoms with Gasteiger partial charge >= 0.3 is 0 Å². The molecule has 0 amide bonds. The number of benzene rings is 1. The Labute approximate surface area is 106 Å². The van der Waals surface area contributed by atoms with Crippen LogP contribution in [-0.2, 0) is 6.42 Å². The Morgan fingerprint density at radius 1 is 1.18 bits per heavy atom. The summed E-state index contributed by atoms with van der Waals surface area (Å²) in [5.41, 5.74) is 3.34. The molecule has 0 aliphatic carbocycles. The highest BCUT2D eigenvalue weighted by atomic mass is 35.5. The van der Waals surface area contributed by atoms with E-state index in [4.69, 9.17) is 16.0 Å². The molecule has 0 unspecified atom stereocenters. The highest BCUT2D eigenvalue weighted by molar-refractivity contribution is 6.17. The highest BCUT2D eigenvalue weighted by Crippen LogP contribution is 2.25. The second-order valence-corrected chi connectivity index (χ2v) is 4.44. The summed E-state index contributed by atoms with van der Waals surface area (Å²) in [6.07, 6.45) is 1.59. The molecule has 1 aromatic carbocycles. The first-order chi connectivity index (χ1) is 8.22. The Hall–Kier alpha value is -1.35. The fourth-order valence-corrected chi connectivity index (χ4v) is 1.96. The summed E-state index contributed by atoms with van der Waals surface area (Å²) in [6, 6.07) is 6.12. The zero-order chi connectivity index (χ0) is 12.3. The van der Waals surface area contributed by atoms with E-state index in [9.17, 15) is 0 Å². The summed E-state index contributed by atoms with van der Waals surface area (Å²) in [5, 5.41) is 8.14. The molecule has 0 N–H and O–H groups in total. The molecule has 0 saturated heterocycles. The van der Waals surface area contributed by atoms with Crippen molar-refractivity contribution in [3.63, 3.8) is 0 Å². The van der Waals surface area contributed by atoms with Crippen LogP contribution < -0.4 is 0 Å². The zero-order valence-corrected chi connectivity index (χ0v) is 10.8. The molecule has 0 radical (unpaired) electrons. The summed E-state index contributed by atoms with van der Waals surface area (Å²) in [4.78, 5) is 0. The maximum atomic E-state index is 5.65. The van der Waals surface area contributed by atoms with Gasteiger partial charge in [-0.1, -0.05) is 18.2 Å². The van der Waals surface area contributed by atoms with Crippen LogP contribution in [0.1, 0.15) is 23.4 Å². The van der Waals surface area contributed by atoms with Gasteiger partial charge in [0.15, 0.2) is 0 Å². The predicted molar refractivity (Wildman–Crippen MR) is 68.2 cm³/mol. The molecule has 0 aliphatic heterocycles. The summed E-state index contributed by atoms with van der Waals surface area (Å²) in [5.74, 6) is 1.87. The van der Waals surface area contributed by atoms with Crippen molar-refractivity contribution in [1.29, 1.82) is 0 Å². The SMILES string of the molecule is Cc1cccc(C)c1-c1nnc(CCCCl)o1. The minimum atomic E-state index is 0.602. The first-order valence-electron chi connectivity index (χ1n) is 5.67. The summed E-state index contributed by atoms with van der Waals surface area (Å²) >= 11 is 5.64. The smallest absolute Gasteiger partial charge is 0.248 e. The normalized spacial score (nSPS) is 10.8. The van der Waals surface area contributed by atoms with Crippen LogP contribution in [0.15, 0.2) is 22.6 Å². The van der Waals surface area contributed by atoms with Crippen molar-refractivity contribution >= 4 is 11.6 Å². The lowest BCUT2D eigenvalue weighted by atomic mass is 10.0. The monoisotopic (exact) mass is 250 g/mol. The van der Waals surface area contributed by atoms with Crippen molar-refractivity contribution in [3.05, 3.63) is 35.2 Å². The van der Waals surface area contributed by atoms with Crippen LogP contribution in [0.4, 0.5) is 0 Å². The Kier molecular flexibility index (Phi) is 3.79. The van der Waals surface area contributed by atoms with Crippen LogP contribution in [0.5, 0.6) is 0 Å². The Bertz CT molecular complexity index is 488. The molecule has 0 fully saturated rings. The second-order valence-electron chi connectivity index (χ2n) is 4.06. The Morgan fingerprint density at radius 3 is 2.53 bits per heavy atom. The number of hydrogen-bond acceptors (Lipinski definition) is 3. The van der Waals surface area contributed by atoms with Crippen molar-refractivity contribution < 1.29 is 4.42 Å². The predicted octanol–water partition coefficient (Wildman–Crippen LogP) is 3.52. The molecule has 0 spiro atoms. The van der Waals surface area contributed by atoms with Crippen LogP contribution in [0.3, 0.4) is 0 Å². The van der Waals surface area contributed by atoms with Crippen molar-refractivity contribution in [3.8, 4) is 11.5 Å². The van der Waals surface area contributed by atoms with Gasteiger partial charge in [-0.05, 0) is 31.4 Å². The lowest BCUT2D eigenvalue weighted by Crippen LogP contribution is -1.87. The number of halogens is 1. The topological polar surface area (TPSA) is 38.9 Å². The zero-order valence-electron chi connectivity index (χ0n) is 10.0. The number of aryl methyl sites for hydroxylation is 3. The van der Waals surface area contributed by atoms with E-state index in [0.717, 1.165) is 29.5 Å². The molecule has 0 saturated carbocycles. The molecular weight excluding hydrogens is 236 g/mol. The largest absolute Gasteiger partial charge is 0.421 e. The van der Waals surface area contributed by atoms with Crippen molar-refractivity contribution in [2.45, 2.75) is 26.7 Å². The number of rotatable bonds is 4. The standard InChI is InChI=1S/C13H15ClN2O/c1-9-5-3-6-10(2)12(9)13-16-15-11(17-13)7-4-8-14/h3,5-6H,4,7-8H2,1-2H3. The van der Waals surface area contributed by atoms with E-state index < -0.39 is 0 Å². The van der Waals surface area contributed by atoms with E-state index in [1.807, 2.05) is 32.0 Å². The number of aromatic nitrogens is 2. The third-order valence-corrected chi connectivity index (χ3v) is 2.95. The summed E-state index contributed by atoms with van der Waals surface area (Å²) in [7, 11) is 0. The minimum Gasteiger partial charge on any atom is -0.421 e. The van der Waals surface area contributed by atoms with Gasteiger partial charge in [-0.3, -0.25) is 0 Å². The van der Waals surface area contributed by atoms with E-state index in [1.54, 1.807) is 0 Å². The molecule has 3 nitrogen and oxygen atoms in total. The van der Waals surface area contributed by atoms with Gasteiger partial charge in [-0.2, -0.15) is 0 Å². The summed E-state index contributed by atoms with van der Waals surface area (Å²) in [6.45, 7) is 4.09. The van der Waals surface area contributed by atoms with Gasteiger partial charge in [0.05, 0.1) is 0 Å². The minimum absolute atomic E-state index is 0.602. The van der Waals surface area contributed by atoms with E-state index in [0.29, 0.717) is 17.7 Å². The fraction of sp³-hybridized carbons (Fsp3) is 0.385. The van der Waals surface area contributed by atoms with Crippen LogP contribution in [-0.4, -0.2) is 16.1 Å². The van der Waals surface area contributed by atoms with Gasteiger partial charge in [0.1, 0.15) is 0 Å². The van der Waals surface area contributed by atoms with Crippen LogP contribution in [0.2, 0.25) is 0 Å². The van der Waals surface area contributed by atoms with Crippen LogP contribution in [0.25, 0.3) is 11.5 Å². The van der Waals surface area contributed by atoms with Gasteiger partial charge < -0.3 is 4.42 Å². The van der Waals surface area contributed by atoms with Crippen molar-refractivity contribution in [2.75, 3.05) is 5.88 Å².